The number of alkyl halides is 3. The SMILES string of the molecule is O=C(c1ccccc1C(F)(F)F)C1CCOCC1. The van der Waals surface area contributed by atoms with E-state index in [9.17, 15) is 18.0 Å². The minimum atomic E-state index is -4.49. The standard InChI is InChI=1S/C13H13F3O2/c14-13(15,16)11-4-2-1-3-10(11)12(17)9-5-7-18-8-6-9/h1-4,9H,5-8H2. The molecule has 0 saturated carbocycles. The Morgan fingerprint density at radius 1 is 1.17 bits per heavy atom. The monoisotopic (exact) mass is 258 g/mol. The molecule has 0 spiro atoms. The van der Waals surface area contributed by atoms with Crippen molar-refractivity contribution < 1.29 is 22.7 Å². The van der Waals surface area contributed by atoms with Crippen LogP contribution >= 0.6 is 0 Å². The number of ether oxygens (including phenoxy) is 1. The van der Waals surface area contributed by atoms with Crippen LogP contribution in [0.1, 0.15) is 28.8 Å². The van der Waals surface area contributed by atoms with Gasteiger partial charge in [-0.2, -0.15) is 13.2 Å². The van der Waals surface area contributed by atoms with Crippen LogP contribution in [0.2, 0.25) is 0 Å². The van der Waals surface area contributed by atoms with E-state index in [2.05, 4.69) is 0 Å². The van der Waals surface area contributed by atoms with Crippen molar-refractivity contribution in [2.45, 2.75) is 19.0 Å². The Morgan fingerprint density at radius 2 is 1.78 bits per heavy atom. The van der Waals surface area contributed by atoms with Crippen molar-refractivity contribution >= 4 is 5.78 Å². The first-order valence-electron chi connectivity index (χ1n) is 5.78. The number of rotatable bonds is 2. The van der Waals surface area contributed by atoms with Crippen molar-refractivity contribution in [2.75, 3.05) is 13.2 Å². The smallest absolute Gasteiger partial charge is 0.381 e. The summed E-state index contributed by atoms with van der Waals surface area (Å²) in [6.45, 7) is 0.870. The average Bonchev–Trinajstić information content (AvgIpc) is 2.38. The molecule has 0 atom stereocenters. The van der Waals surface area contributed by atoms with Gasteiger partial charge in [-0.15, -0.1) is 0 Å². The molecule has 98 valence electrons. The van der Waals surface area contributed by atoms with Crippen LogP contribution in [0.3, 0.4) is 0 Å². The van der Waals surface area contributed by atoms with Crippen molar-refractivity contribution in [2.24, 2.45) is 5.92 Å². The molecule has 0 bridgehead atoms. The van der Waals surface area contributed by atoms with E-state index in [1.807, 2.05) is 0 Å². The maximum atomic E-state index is 12.8. The Kier molecular flexibility index (Phi) is 3.71. The summed E-state index contributed by atoms with van der Waals surface area (Å²) in [5.74, 6) is -0.784. The number of benzene rings is 1. The van der Waals surface area contributed by atoms with E-state index in [1.54, 1.807) is 0 Å². The highest BCUT2D eigenvalue weighted by molar-refractivity contribution is 5.99. The molecule has 0 aliphatic carbocycles. The second-order valence-corrected chi connectivity index (χ2v) is 4.29. The lowest BCUT2D eigenvalue weighted by Gasteiger charge is -2.22. The fourth-order valence-electron chi connectivity index (χ4n) is 2.12. The van der Waals surface area contributed by atoms with Crippen LogP contribution in [0.25, 0.3) is 0 Å². The van der Waals surface area contributed by atoms with E-state index in [0.717, 1.165) is 6.07 Å². The molecule has 0 amide bonds. The van der Waals surface area contributed by atoms with E-state index >= 15 is 0 Å². The third kappa shape index (κ3) is 2.72. The zero-order valence-corrected chi connectivity index (χ0v) is 9.67. The molecule has 2 rings (SSSR count). The molecule has 1 fully saturated rings. The zero-order chi connectivity index (χ0) is 13.2. The first kappa shape index (κ1) is 13.1. The highest BCUT2D eigenvalue weighted by Crippen LogP contribution is 2.33. The van der Waals surface area contributed by atoms with Gasteiger partial charge in [-0.3, -0.25) is 4.79 Å². The quantitative estimate of drug-likeness (QED) is 0.761. The van der Waals surface area contributed by atoms with Crippen LogP contribution in [-0.2, 0) is 10.9 Å². The molecular weight excluding hydrogens is 245 g/mol. The third-order valence-electron chi connectivity index (χ3n) is 3.09. The molecule has 1 aromatic rings. The molecule has 1 aliphatic heterocycles. The Labute approximate surface area is 103 Å². The van der Waals surface area contributed by atoms with Gasteiger partial charge in [0.25, 0.3) is 0 Å². The first-order valence-corrected chi connectivity index (χ1v) is 5.78. The van der Waals surface area contributed by atoms with Gasteiger partial charge in [0.15, 0.2) is 5.78 Å². The Morgan fingerprint density at radius 3 is 2.39 bits per heavy atom. The predicted octanol–water partition coefficient (Wildman–Crippen LogP) is 3.31. The highest BCUT2D eigenvalue weighted by atomic mass is 19.4. The molecule has 1 aromatic carbocycles. The molecule has 0 aromatic heterocycles. The summed E-state index contributed by atoms with van der Waals surface area (Å²) in [7, 11) is 0. The first-order chi connectivity index (χ1) is 8.50. The lowest BCUT2D eigenvalue weighted by molar-refractivity contribution is -0.138. The lowest BCUT2D eigenvalue weighted by atomic mass is 9.89. The van der Waals surface area contributed by atoms with Crippen LogP contribution < -0.4 is 0 Å². The van der Waals surface area contributed by atoms with Crippen LogP contribution in [0.5, 0.6) is 0 Å². The largest absolute Gasteiger partial charge is 0.417 e. The van der Waals surface area contributed by atoms with E-state index < -0.39 is 17.5 Å². The minimum Gasteiger partial charge on any atom is -0.381 e. The van der Waals surface area contributed by atoms with E-state index in [0.29, 0.717) is 26.1 Å². The van der Waals surface area contributed by atoms with Crippen LogP contribution in [0, 0.1) is 5.92 Å². The molecule has 5 heteroatoms. The van der Waals surface area contributed by atoms with Gasteiger partial charge in [-0.1, -0.05) is 18.2 Å². The molecule has 1 heterocycles. The van der Waals surface area contributed by atoms with E-state index in [4.69, 9.17) is 4.74 Å². The highest BCUT2D eigenvalue weighted by Gasteiger charge is 2.36. The number of halogens is 3. The number of hydrogen-bond donors (Lipinski definition) is 0. The van der Waals surface area contributed by atoms with Gasteiger partial charge in [0, 0.05) is 24.7 Å². The fraction of sp³-hybridized carbons (Fsp3) is 0.462. The molecule has 0 unspecified atom stereocenters. The summed E-state index contributed by atoms with van der Waals surface area (Å²) in [6.07, 6.45) is -3.51. The second-order valence-electron chi connectivity index (χ2n) is 4.29. The second kappa shape index (κ2) is 5.10. The summed E-state index contributed by atoms with van der Waals surface area (Å²) in [4.78, 5) is 12.1. The van der Waals surface area contributed by atoms with Crippen LogP contribution in [0.4, 0.5) is 13.2 Å². The van der Waals surface area contributed by atoms with Gasteiger partial charge >= 0.3 is 6.18 Å². The van der Waals surface area contributed by atoms with Crippen molar-refractivity contribution in [1.82, 2.24) is 0 Å². The van der Waals surface area contributed by atoms with E-state index in [-0.39, 0.29) is 11.5 Å². The lowest BCUT2D eigenvalue weighted by Crippen LogP contribution is -2.25. The van der Waals surface area contributed by atoms with Gasteiger partial charge in [0.2, 0.25) is 0 Å². The maximum Gasteiger partial charge on any atom is 0.417 e. The molecule has 2 nitrogen and oxygen atoms in total. The van der Waals surface area contributed by atoms with Gasteiger partial charge in [-0.05, 0) is 18.9 Å². The van der Waals surface area contributed by atoms with Crippen molar-refractivity contribution in [3.63, 3.8) is 0 Å². The van der Waals surface area contributed by atoms with Crippen molar-refractivity contribution in [3.8, 4) is 0 Å². The summed E-state index contributed by atoms with van der Waals surface area (Å²) in [5.41, 5.74) is -1.07. The average molecular weight is 258 g/mol. The molecule has 1 saturated heterocycles. The number of Topliss-reactive ketones (excluding diaryl/α,β-unsaturated/α-hetero) is 1. The van der Waals surface area contributed by atoms with E-state index in [1.165, 1.54) is 18.2 Å². The summed E-state index contributed by atoms with van der Waals surface area (Å²) < 4.78 is 43.5. The Balaban J connectivity index is 2.30. The van der Waals surface area contributed by atoms with Gasteiger partial charge < -0.3 is 4.74 Å². The Bertz CT molecular complexity index is 434. The van der Waals surface area contributed by atoms with Crippen LogP contribution in [0.15, 0.2) is 24.3 Å². The van der Waals surface area contributed by atoms with Gasteiger partial charge in [0.1, 0.15) is 0 Å². The van der Waals surface area contributed by atoms with Crippen molar-refractivity contribution in [1.29, 1.82) is 0 Å². The van der Waals surface area contributed by atoms with Crippen LogP contribution in [-0.4, -0.2) is 19.0 Å². The molecule has 0 N–H and O–H groups in total. The number of ketones is 1. The van der Waals surface area contributed by atoms with Crippen molar-refractivity contribution in [3.05, 3.63) is 35.4 Å². The summed E-state index contributed by atoms with van der Waals surface area (Å²) >= 11 is 0. The zero-order valence-electron chi connectivity index (χ0n) is 9.67. The summed E-state index contributed by atoms with van der Waals surface area (Å²) in [6, 6.07) is 4.96. The normalized spacial score (nSPS) is 17.7. The Hall–Kier alpha value is -1.36. The number of carbonyl (C=O) groups is 1. The molecule has 1 aliphatic rings. The minimum absolute atomic E-state index is 0.225. The molecule has 18 heavy (non-hydrogen) atoms. The predicted molar refractivity (Wildman–Crippen MR) is 59.3 cm³/mol. The summed E-state index contributed by atoms with van der Waals surface area (Å²) in [5, 5.41) is 0. The topological polar surface area (TPSA) is 26.3 Å². The molecule has 0 radical (unpaired) electrons. The third-order valence-corrected chi connectivity index (χ3v) is 3.09. The molecular formula is C13H13F3O2. The number of carbonyl (C=O) groups excluding carboxylic acids is 1. The van der Waals surface area contributed by atoms with Gasteiger partial charge in [-0.25, -0.2) is 0 Å². The number of hydrogen-bond acceptors (Lipinski definition) is 2. The maximum absolute atomic E-state index is 12.8. The van der Waals surface area contributed by atoms with Gasteiger partial charge in [0.05, 0.1) is 5.56 Å². The fourth-order valence-corrected chi connectivity index (χ4v) is 2.12.